The molecule has 2 aliphatic heterocycles. The SMILES string of the molecule is CCc1nccn1C(C)CC(=O)N1CCN2CCOCC2(CO)C1. The van der Waals surface area contributed by atoms with Gasteiger partial charge in [0, 0.05) is 57.5 Å². The number of aliphatic hydroxyl groups excluding tert-OH is 1. The molecule has 1 amide bonds. The molecule has 0 bridgehead atoms. The first-order valence-electron chi connectivity index (χ1n) is 8.83. The molecule has 0 aromatic carbocycles. The highest BCUT2D eigenvalue weighted by atomic mass is 16.5. The number of fused-ring (bicyclic) bond motifs is 1. The van der Waals surface area contributed by atoms with Crippen LogP contribution in [0.4, 0.5) is 0 Å². The van der Waals surface area contributed by atoms with Crippen LogP contribution in [0.1, 0.15) is 32.1 Å². The van der Waals surface area contributed by atoms with Crippen LogP contribution < -0.4 is 0 Å². The van der Waals surface area contributed by atoms with Gasteiger partial charge in [0.1, 0.15) is 5.82 Å². The van der Waals surface area contributed by atoms with Gasteiger partial charge in [-0.3, -0.25) is 9.69 Å². The van der Waals surface area contributed by atoms with E-state index in [1.807, 2.05) is 11.1 Å². The molecule has 7 heteroatoms. The highest BCUT2D eigenvalue weighted by molar-refractivity contribution is 5.77. The van der Waals surface area contributed by atoms with Crippen LogP contribution in [0.5, 0.6) is 0 Å². The molecule has 2 saturated heterocycles. The zero-order valence-electron chi connectivity index (χ0n) is 14.6. The molecular formula is C17H28N4O3. The second-order valence-corrected chi connectivity index (χ2v) is 6.89. The number of morpholine rings is 1. The van der Waals surface area contributed by atoms with Gasteiger partial charge in [0.25, 0.3) is 0 Å². The highest BCUT2D eigenvalue weighted by Crippen LogP contribution is 2.26. The van der Waals surface area contributed by atoms with Gasteiger partial charge in [0.2, 0.25) is 5.91 Å². The standard InChI is InChI=1S/C17H28N4O3/c1-3-15-18-4-5-21(15)14(2)10-16(23)19-6-7-20-8-9-24-13-17(20,11-19)12-22/h4-5,14,22H,3,6-13H2,1-2H3. The summed E-state index contributed by atoms with van der Waals surface area (Å²) in [5.74, 6) is 1.14. The van der Waals surface area contributed by atoms with E-state index < -0.39 is 5.54 Å². The van der Waals surface area contributed by atoms with Crippen LogP contribution in [0.2, 0.25) is 0 Å². The average molecular weight is 336 g/mol. The molecule has 134 valence electrons. The fourth-order valence-corrected chi connectivity index (χ4v) is 3.84. The molecule has 24 heavy (non-hydrogen) atoms. The minimum atomic E-state index is -0.432. The lowest BCUT2D eigenvalue weighted by molar-refractivity contribution is -0.152. The predicted octanol–water partition coefficient (Wildman–Crippen LogP) is 0.302. The summed E-state index contributed by atoms with van der Waals surface area (Å²) in [5.41, 5.74) is -0.432. The number of aliphatic hydroxyl groups is 1. The smallest absolute Gasteiger partial charge is 0.224 e. The Morgan fingerprint density at radius 3 is 3.04 bits per heavy atom. The van der Waals surface area contributed by atoms with Crippen molar-refractivity contribution in [3.05, 3.63) is 18.2 Å². The number of imidazole rings is 1. The number of nitrogens with zero attached hydrogens (tertiary/aromatic N) is 4. The summed E-state index contributed by atoms with van der Waals surface area (Å²) >= 11 is 0. The van der Waals surface area contributed by atoms with E-state index in [0.29, 0.717) is 26.2 Å². The molecule has 1 aromatic rings. The molecule has 3 rings (SSSR count). The number of amides is 1. The minimum absolute atomic E-state index is 0.0217. The van der Waals surface area contributed by atoms with Crippen LogP contribution in [-0.4, -0.2) is 81.9 Å². The third-order valence-electron chi connectivity index (χ3n) is 5.33. The maximum Gasteiger partial charge on any atom is 0.224 e. The molecule has 3 heterocycles. The molecule has 2 aliphatic rings. The Morgan fingerprint density at radius 1 is 1.46 bits per heavy atom. The summed E-state index contributed by atoms with van der Waals surface area (Å²) in [5, 5.41) is 9.90. The van der Waals surface area contributed by atoms with E-state index >= 15 is 0 Å². The second kappa shape index (κ2) is 7.21. The van der Waals surface area contributed by atoms with Crippen LogP contribution in [0.15, 0.2) is 12.4 Å². The molecule has 2 atom stereocenters. The number of ether oxygens (including phenoxy) is 1. The molecule has 0 saturated carbocycles. The van der Waals surface area contributed by atoms with Crippen LogP contribution in [0, 0.1) is 0 Å². The molecule has 1 aromatic heterocycles. The molecule has 0 radical (unpaired) electrons. The van der Waals surface area contributed by atoms with Crippen LogP contribution in [-0.2, 0) is 16.0 Å². The van der Waals surface area contributed by atoms with Crippen LogP contribution in [0.25, 0.3) is 0 Å². The Morgan fingerprint density at radius 2 is 2.29 bits per heavy atom. The first-order valence-corrected chi connectivity index (χ1v) is 8.83. The zero-order valence-corrected chi connectivity index (χ0v) is 14.6. The van der Waals surface area contributed by atoms with Gasteiger partial charge < -0.3 is 19.3 Å². The lowest BCUT2D eigenvalue weighted by Crippen LogP contribution is -2.69. The van der Waals surface area contributed by atoms with Gasteiger partial charge in [-0.25, -0.2) is 4.98 Å². The molecule has 7 nitrogen and oxygen atoms in total. The molecule has 0 spiro atoms. The summed E-state index contributed by atoms with van der Waals surface area (Å²) in [4.78, 5) is 21.3. The summed E-state index contributed by atoms with van der Waals surface area (Å²) in [6.07, 6.45) is 5.04. The summed E-state index contributed by atoms with van der Waals surface area (Å²) in [6, 6.07) is 0.0839. The number of hydrogen-bond acceptors (Lipinski definition) is 5. The molecule has 2 unspecified atom stereocenters. The maximum absolute atomic E-state index is 12.8. The Hall–Kier alpha value is -1.44. The first kappa shape index (κ1) is 17.4. The lowest BCUT2D eigenvalue weighted by Gasteiger charge is -2.52. The van der Waals surface area contributed by atoms with E-state index in [2.05, 4.69) is 28.3 Å². The van der Waals surface area contributed by atoms with Crippen molar-refractivity contribution in [1.82, 2.24) is 19.4 Å². The van der Waals surface area contributed by atoms with Gasteiger partial charge in [-0.05, 0) is 6.92 Å². The first-order chi connectivity index (χ1) is 11.6. The van der Waals surface area contributed by atoms with Crippen molar-refractivity contribution >= 4 is 5.91 Å². The third-order valence-corrected chi connectivity index (χ3v) is 5.33. The van der Waals surface area contributed by atoms with Crippen molar-refractivity contribution in [2.24, 2.45) is 0 Å². The number of aromatic nitrogens is 2. The molecule has 1 N–H and O–H groups in total. The Balaban J connectivity index is 1.65. The number of piperazine rings is 1. The fourth-order valence-electron chi connectivity index (χ4n) is 3.84. The van der Waals surface area contributed by atoms with E-state index in [9.17, 15) is 9.90 Å². The Bertz CT molecular complexity index is 576. The van der Waals surface area contributed by atoms with E-state index in [4.69, 9.17) is 4.74 Å². The van der Waals surface area contributed by atoms with Gasteiger partial charge >= 0.3 is 0 Å². The van der Waals surface area contributed by atoms with Crippen LogP contribution in [0.3, 0.4) is 0 Å². The number of aryl methyl sites for hydroxylation is 1. The molecular weight excluding hydrogens is 308 g/mol. The maximum atomic E-state index is 12.8. The monoisotopic (exact) mass is 336 g/mol. The van der Waals surface area contributed by atoms with Crippen molar-refractivity contribution in [1.29, 1.82) is 0 Å². The van der Waals surface area contributed by atoms with E-state index in [1.54, 1.807) is 6.20 Å². The lowest BCUT2D eigenvalue weighted by atomic mass is 9.94. The van der Waals surface area contributed by atoms with E-state index in [0.717, 1.165) is 31.9 Å². The van der Waals surface area contributed by atoms with Gasteiger partial charge in [-0.15, -0.1) is 0 Å². The Kier molecular flexibility index (Phi) is 5.22. The largest absolute Gasteiger partial charge is 0.394 e. The van der Waals surface area contributed by atoms with Gasteiger partial charge in [0.15, 0.2) is 0 Å². The number of carbonyl (C=O) groups is 1. The fraction of sp³-hybridized carbons (Fsp3) is 0.765. The molecule has 2 fully saturated rings. The quantitative estimate of drug-likeness (QED) is 0.838. The number of hydrogen-bond donors (Lipinski definition) is 1. The normalized spacial score (nSPS) is 26.2. The van der Waals surface area contributed by atoms with Crippen molar-refractivity contribution in [2.45, 2.75) is 38.3 Å². The summed E-state index contributed by atoms with van der Waals surface area (Å²) in [6.45, 7) is 8.23. The van der Waals surface area contributed by atoms with Crippen molar-refractivity contribution in [3.63, 3.8) is 0 Å². The topological polar surface area (TPSA) is 70.8 Å². The highest BCUT2D eigenvalue weighted by Gasteiger charge is 2.44. The average Bonchev–Trinajstić information content (AvgIpc) is 3.10. The van der Waals surface area contributed by atoms with Gasteiger partial charge in [-0.1, -0.05) is 6.92 Å². The van der Waals surface area contributed by atoms with E-state index in [-0.39, 0.29) is 18.6 Å². The van der Waals surface area contributed by atoms with Crippen molar-refractivity contribution in [2.75, 3.05) is 46.0 Å². The zero-order chi connectivity index (χ0) is 17.2. The van der Waals surface area contributed by atoms with E-state index in [1.165, 1.54) is 0 Å². The van der Waals surface area contributed by atoms with Crippen LogP contribution >= 0.6 is 0 Å². The third kappa shape index (κ3) is 3.20. The predicted molar refractivity (Wildman–Crippen MR) is 89.7 cm³/mol. The summed E-state index contributed by atoms with van der Waals surface area (Å²) in [7, 11) is 0. The Labute approximate surface area is 143 Å². The minimum Gasteiger partial charge on any atom is -0.394 e. The van der Waals surface area contributed by atoms with Gasteiger partial charge in [0.05, 0.1) is 25.4 Å². The molecule has 0 aliphatic carbocycles. The summed E-state index contributed by atoms with van der Waals surface area (Å²) < 4.78 is 7.66. The number of carbonyl (C=O) groups excluding carboxylic acids is 1. The van der Waals surface area contributed by atoms with Crippen molar-refractivity contribution < 1.29 is 14.6 Å². The number of rotatable bonds is 5. The second-order valence-electron chi connectivity index (χ2n) is 6.89. The van der Waals surface area contributed by atoms with Crippen molar-refractivity contribution in [3.8, 4) is 0 Å². The van der Waals surface area contributed by atoms with Gasteiger partial charge in [-0.2, -0.15) is 0 Å².